The van der Waals surface area contributed by atoms with E-state index < -0.39 is 0 Å². The summed E-state index contributed by atoms with van der Waals surface area (Å²) in [5, 5.41) is 13.7. The molecule has 17 heavy (non-hydrogen) atoms. The molecule has 0 radical (unpaired) electrons. The number of nitrogens with zero attached hydrogens (tertiary/aromatic N) is 4. The van der Waals surface area contributed by atoms with Crippen LogP contribution in [0, 0.1) is 0 Å². The highest BCUT2D eigenvalue weighted by Gasteiger charge is 2.15. The van der Waals surface area contributed by atoms with Crippen molar-refractivity contribution < 1.29 is 0 Å². The largest absolute Gasteiger partial charge is 0.344 e. The van der Waals surface area contributed by atoms with Crippen LogP contribution in [-0.4, -0.2) is 41.4 Å². The van der Waals surface area contributed by atoms with E-state index in [0.29, 0.717) is 0 Å². The Hall–Kier alpha value is -1.53. The minimum atomic E-state index is 0.888. The van der Waals surface area contributed by atoms with Crippen LogP contribution in [0.5, 0.6) is 0 Å². The Kier molecular flexibility index (Phi) is 2.98. The van der Waals surface area contributed by atoms with E-state index in [0.717, 1.165) is 42.0 Å². The van der Waals surface area contributed by atoms with Crippen molar-refractivity contribution in [3.63, 3.8) is 0 Å². The summed E-state index contributed by atoms with van der Waals surface area (Å²) in [5.41, 5.74) is 0.895. The first-order chi connectivity index (χ1) is 8.43. The minimum absolute atomic E-state index is 0.888. The standard InChI is InChI=1S/C11H13N5S/c1-2-4-13-9(3-1)10-14-15-11(17-10)16-7-5-12-6-8-16/h1-4,12H,5-8H2. The van der Waals surface area contributed by atoms with Gasteiger partial charge >= 0.3 is 0 Å². The van der Waals surface area contributed by atoms with Gasteiger partial charge in [0.1, 0.15) is 5.69 Å². The predicted molar refractivity (Wildman–Crippen MR) is 68.2 cm³/mol. The van der Waals surface area contributed by atoms with Gasteiger partial charge in [-0.25, -0.2) is 0 Å². The zero-order chi connectivity index (χ0) is 11.5. The van der Waals surface area contributed by atoms with E-state index >= 15 is 0 Å². The Morgan fingerprint density at radius 2 is 2.06 bits per heavy atom. The number of hydrogen-bond acceptors (Lipinski definition) is 6. The van der Waals surface area contributed by atoms with Gasteiger partial charge in [-0.1, -0.05) is 17.4 Å². The summed E-state index contributed by atoms with van der Waals surface area (Å²) in [7, 11) is 0. The second-order valence-corrected chi connectivity index (χ2v) is 4.80. The molecule has 0 bridgehead atoms. The van der Waals surface area contributed by atoms with E-state index in [1.54, 1.807) is 17.5 Å². The van der Waals surface area contributed by atoms with Gasteiger partial charge in [-0.15, -0.1) is 10.2 Å². The van der Waals surface area contributed by atoms with Gasteiger partial charge in [-0.3, -0.25) is 4.98 Å². The van der Waals surface area contributed by atoms with Crippen molar-refractivity contribution >= 4 is 16.5 Å². The van der Waals surface area contributed by atoms with Gasteiger partial charge in [0, 0.05) is 32.4 Å². The zero-order valence-corrected chi connectivity index (χ0v) is 10.2. The first-order valence-electron chi connectivity index (χ1n) is 5.64. The lowest BCUT2D eigenvalue weighted by Crippen LogP contribution is -2.43. The highest BCUT2D eigenvalue weighted by Crippen LogP contribution is 2.27. The normalized spacial score (nSPS) is 16.1. The number of nitrogens with one attached hydrogen (secondary N) is 1. The Balaban J connectivity index is 1.83. The third kappa shape index (κ3) is 2.27. The Bertz CT molecular complexity index is 478. The molecule has 3 heterocycles. The van der Waals surface area contributed by atoms with Gasteiger partial charge in [-0.2, -0.15) is 0 Å². The molecule has 0 aromatic carbocycles. The van der Waals surface area contributed by atoms with Gasteiger partial charge in [0.2, 0.25) is 5.13 Å². The summed E-state index contributed by atoms with van der Waals surface area (Å²) in [6.45, 7) is 4.02. The lowest BCUT2D eigenvalue weighted by molar-refractivity contribution is 0.587. The van der Waals surface area contributed by atoms with E-state index in [4.69, 9.17) is 0 Å². The summed E-state index contributed by atoms with van der Waals surface area (Å²) in [6.07, 6.45) is 1.78. The van der Waals surface area contributed by atoms with Crippen LogP contribution in [0.4, 0.5) is 5.13 Å². The van der Waals surface area contributed by atoms with Crippen molar-refractivity contribution in [2.24, 2.45) is 0 Å². The molecule has 1 saturated heterocycles. The number of rotatable bonds is 2. The molecular weight excluding hydrogens is 234 g/mol. The lowest BCUT2D eigenvalue weighted by atomic mass is 10.4. The molecular formula is C11H13N5S. The predicted octanol–water partition coefficient (Wildman–Crippen LogP) is 1.01. The van der Waals surface area contributed by atoms with Gasteiger partial charge in [0.25, 0.3) is 0 Å². The fraction of sp³-hybridized carbons (Fsp3) is 0.364. The summed E-state index contributed by atoms with van der Waals surface area (Å²) in [6, 6.07) is 5.83. The molecule has 6 heteroatoms. The quantitative estimate of drug-likeness (QED) is 0.858. The fourth-order valence-electron chi connectivity index (χ4n) is 1.79. The van der Waals surface area contributed by atoms with Crippen LogP contribution in [0.25, 0.3) is 10.7 Å². The zero-order valence-electron chi connectivity index (χ0n) is 9.33. The summed E-state index contributed by atoms with van der Waals surface area (Å²) in [5.74, 6) is 0. The van der Waals surface area contributed by atoms with E-state index in [1.165, 1.54) is 0 Å². The Morgan fingerprint density at radius 1 is 1.18 bits per heavy atom. The van der Waals surface area contributed by atoms with Crippen molar-refractivity contribution in [3.05, 3.63) is 24.4 Å². The number of hydrogen-bond donors (Lipinski definition) is 1. The average Bonchev–Trinajstić information content (AvgIpc) is 2.90. The number of aromatic nitrogens is 3. The van der Waals surface area contributed by atoms with Crippen molar-refractivity contribution in [3.8, 4) is 10.7 Å². The van der Waals surface area contributed by atoms with Gasteiger partial charge in [-0.05, 0) is 12.1 Å². The first kappa shape index (κ1) is 10.6. The van der Waals surface area contributed by atoms with Crippen molar-refractivity contribution in [2.45, 2.75) is 0 Å². The molecule has 88 valence electrons. The topological polar surface area (TPSA) is 53.9 Å². The van der Waals surface area contributed by atoms with Gasteiger partial charge in [0.05, 0.1) is 0 Å². The van der Waals surface area contributed by atoms with Crippen LogP contribution in [0.15, 0.2) is 24.4 Å². The van der Waals surface area contributed by atoms with Crippen LogP contribution in [0.3, 0.4) is 0 Å². The van der Waals surface area contributed by atoms with Crippen LogP contribution in [0.1, 0.15) is 0 Å². The smallest absolute Gasteiger partial charge is 0.208 e. The van der Waals surface area contributed by atoms with Crippen molar-refractivity contribution in [1.82, 2.24) is 20.5 Å². The Labute approximate surface area is 104 Å². The number of anilines is 1. The maximum absolute atomic E-state index is 4.28. The van der Waals surface area contributed by atoms with Gasteiger partial charge in [0.15, 0.2) is 5.01 Å². The molecule has 1 aliphatic heterocycles. The van der Waals surface area contributed by atoms with Crippen molar-refractivity contribution in [2.75, 3.05) is 31.1 Å². The highest BCUT2D eigenvalue weighted by molar-refractivity contribution is 7.18. The molecule has 3 rings (SSSR count). The second kappa shape index (κ2) is 4.77. The third-order valence-electron chi connectivity index (χ3n) is 2.69. The molecule has 5 nitrogen and oxygen atoms in total. The molecule has 0 spiro atoms. The van der Waals surface area contributed by atoms with Crippen LogP contribution < -0.4 is 10.2 Å². The molecule has 1 fully saturated rings. The number of pyridine rings is 1. The molecule has 0 aliphatic carbocycles. The fourth-order valence-corrected chi connectivity index (χ4v) is 2.67. The Morgan fingerprint density at radius 3 is 2.82 bits per heavy atom. The van der Waals surface area contributed by atoms with E-state index in [9.17, 15) is 0 Å². The minimum Gasteiger partial charge on any atom is -0.344 e. The monoisotopic (exact) mass is 247 g/mol. The molecule has 0 saturated carbocycles. The SMILES string of the molecule is c1ccc(-c2nnc(N3CCNCC3)s2)nc1. The maximum Gasteiger partial charge on any atom is 0.208 e. The molecule has 0 unspecified atom stereocenters. The summed E-state index contributed by atoms with van der Waals surface area (Å²) in [4.78, 5) is 6.55. The van der Waals surface area contributed by atoms with Crippen LogP contribution in [-0.2, 0) is 0 Å². The second-order valence-electron chi connectivity index (χ2n) is 3.84. The lowest BCUT2D eigenvalue weighted by Gasteiger charge is -2.26. The van der Waals surface area contributed by atoms with Crippen LogP contribution in [0.2, 0.25) is 0 Å². The number of piperazine rings is 1. The van der Waals surface area contributed by atoms with E-state index in [1.807, 2.05) is 18.2 Å². The molecule has 2 aromatic rings. The van der Waals surface area contributed by atoms with Crippen molar-refractivity contribution in [1.29, 1.82) is 0 Å². The third-order valence-corrected chi connectivity index (χ3v) is 3.69. The molecule has 2 aromatic heterocycles. The molecule has 0 amide bonds. The molecule has 0 atom stereocenters. The van der Waals surface area contributed by atoms with E-state index in [2.05, 4.69) is 25.4 Å². The summed E-state index contributed by atoms with van der Waals surface area (Å²) >= 11 is 1.61. The van der Waals surface area contributed by atoms with Gasteiger partial charge < -0.3 is 10.2 Å². The van der Waals surface area contributed by atoms with Crippen LogP contribution >= 0.6 is 11.3 Å². The maximum atomic E-state index is 4.28. The highest BCUT2D eigenvalue weighted by atomic mass is 32.1. The first-order valence-corrected chi connectivity index (χ1v) is 6.46. The molecule has 1 N–H and O–H groups in total. The summed E-state index contributed by atoms with van der Waals surface area (Å²) < 4.78 is 0. The molecule has 1 aliphatic rings. The average molecular weight is 247 g/mol. The van der Waals surface area contributed by atoms with E-state index in [-0.39, 0.29) is 0 Å².